The van der Waals surface area contributed by atoms with E-state index in [0.29, 0.717) is 0 Å². The van der Waals surface area contributed by atoms with Crippen molar-refractivity contribution in [1.82, 2.24) is 5.32 Å². The molecule has 1 unspecified atom stereocenters. The number of hydrogen-bond donors (Lipinski definition) is 3. The Morgan fingerprint density at radius 2 is 1.88 bits per heavy atom. The molecule has 1 rings (SSSR count). The molecule has 1 atom stereocenters. The monoisotopic (exact) mass is 330 g/mol. The second kappa shape index (κ2) is 9.20. The van der Waals surface area contributed by atoms with Crippen molar-refractivity contribution in [3.05, 3.63) is 36.0 Å². The highest BCUT2D eigenvalue weighted by Gasteiger charge is 2.16. The fourth-order valence-electron chi connectivity index (χ4n) is 2.00. The summed E-state index contributed by atoms with van der Waals surface area (Å²) in [5.41, 5.74) is 1.61. The van der Waals surface area contributed by atoms with E-state index < -0.39 is 17.9 Å². The van der Waals surface area contributed by atoms with Crippen molar-refractivity contribution in [2.24, 2.45) is 0 Å². The fourth-order valence-corrected chi connectivity index (χ4v) is 2.00. The van der Waals surface area contributed by atoms with E-state index in [1.54, 1.807) is 6.07 Å². The third-order valence-electron chi connectivity index (χ3n) is 3.46. The molecule has 128 valence electrons. The van der Waals surface area contributed by atoms with Crippen LogP contribution in [0.15, 0.2) is 36.0 Å². The Kier molecular flexibility index (Phi) is 7.30. The lowest BCUT2D eigenvalue weighted by atomic mass is 10.2. The Labute approximate surface area is 141 Å². The molecule has 24 heavy (non-hydrogen) atoms. The molecule has 1 amide bonds. The van der Waals surface area contributed by atoms with Gasteiger partial charge in [-0.3, -0.25) is 9.59 Å². The zero-order valence-corrected chi connectivity index (χ0v) is 14.0. The molecule has 0 aliphatic carbocycles. The molecule has 0 aliphatic heterocycles. The summed E-state index contributed by atoms with van der Waals surface area (Å²) in [6, 6.07) is 8.26. The van der Waals surface area contributed by atoms with E-state index in [1.165, 1.54) is 13.1 Å². The van der Waals surface area contributed by atoms with E-state index in [-0.39, 0.29) is 5.57 Å². The number of rotatable bonds is 8. The van der Waals surface area contributed by atoms with Crippen LogP contribution in [0.3, 0.4) is 0 Å². The average Bonchev–Trinajstić information content (AvgIpc) is 2.57. The first-order valence-corrected chi connectivity index (χ1v) is 7.68. The molecule has 0 saturated heterocycles. The Morgan fingerprint density at radius 3 is 2.33 bits per heavy atom. The van der Waals surface area contributed by atoms with Gasteiger partial charge >= 0.3 is 5.97 Å². The number of carbonyl (C=O) groups is 2. The minimum atomic E-state index is -1.17. The Hall–Kier alpha value is -3.01. The molecule has 7 heteroatoms. The molecule has 0 spiro atoms. The highest BCUT2D eigenvalue weighted by Crippen LogP contribution is 2.17. The highest BCUT2D eigenvalue weighted by atomic mass is 16.4. The maximum atomic E-state index is 11.8. The van der Waals surface area contributed by atoms with Crippen molar-refractivity contribution < 1.29 is 14.7 Å². The minimum Gasteiger partial charge on any atom is -0.480 e. The summed E-state index contributed by atoms with van der Waals surface area (Å²) < 4.78 is 0. The fraction of sp³-hybridized carbons (Fsp3) is 0.353. The lowest BCUT2D eigenvalue weighted by Crippen LogP contribution is -2.39. The summed E-state index contributed by atoms with van der Waals surface area (Å²) in [5, 5.41) is 22.9. The van der Waals surface area contributed by atoms with Gasteiger partial charge in [0.25, 0.3) is 5.91 Å². The number of nitrogens with one attached hydrogen (secondary N) is 2. The van der Waals surface area contributed by atoms with Crippen LogP contribution in [0.2, 0.25) is 0 Å². The first-order valence-electron chi connectivity index (χ1n) is 7.68. The minimum absolute atomic E-state index is 0.198. The van der Waals surface area contributed by atoms with Crippen molar-refractivity contribution >= 4 is 23.3 Å². The molecular formula is C17H22N4O3. The maximum Gasteiger partial charge on any atom is 0.325 e. The van der Waals surface area contributed by atoms with Crippen molar-refractivity contribution in [2.45, 2.75) is 26.8 Å². The van der Waals surface area contributed by atoms with Crippen LogP contribution >= 0.6 is 0 Å². The molecule has 0 aliphatic rings. The van der Waals surface area contributed by atoms with Gasteiger partial charge in [-0.2, -0.15) is 5.26 Å². The lowest BCUT2D eigenvalue weighted by Gasteiger charge is -2.21. The van der Waals surface area contributed by atoms with Gasteiger partial charge in [0, 0.05) is 30.7 Å². The SMILES string of the molecule is CCN(CC)c1ccc(N/C=C(/C#N)C(=O)NC(C)C(=O)O)cc1. The van der Waals surface area contributed by atoms with Crippen molar-refractivity contribution in [1.29, 1.82) is 5.26 Å². The number of amides is 1. The normalized spacial score (nSPS) is 12.0. The van der Waals surface area contributed by atoms with Gasteiger partial charge in [0.05, 0.1) is 0 Å². The molecule has 0 fully saturated rings. The number of carbonyl (C=O) groups excluding carboxylic acids is 1. The van der Waals surface area contributed by atoms with Crippen LogP contribution in [0.25, 0.3) is 0 Å². The van der Waals surface area contributed by atoms with Gasteiger partial charge in [-0.25, -0.2) is 0 Å². The summed E-state index contributed by atoms with van der Waals surface area (Å²) in [5.74, 6) is -1.90. The molecule has 1 aromatic rings. The molecule has 0 saturated carbocycles. The molecule has 0 bridgehead atoms. The molecule has 0 aromatic heterocycles. The first-order chi connectivity index (χ1) is 11.4. The predicted octanol–water partition coefficient (Wildman–Crippen LogP) is 1.94. The third kappa shape index (κ3) is 5.32. The summed E-state index contributed by atoms with van der Waals surface area (Å²) in [7, 11) is 0. The van der Waals surface area contributed by atoms with Gasteiger partial charge in [0.15, 0.2) is 0 Å². The van der Waals surface area contributed by atoms with Crippen LogP contribution in [0, 0.1) is 11.3 Å². The zero-order valence-electron chi connectivity index (χ0n) is 14.0. The standard InChI is InChI=1S/C17H22N4O3/c1-4-21(5-2)15-8-6-14(7-9-15)19-11-13(10-18)16(22)20-12(3)17(23)24/h6-9,11-12,19H,4-5H2,1-3H3,(H,20,22)(H,23,24)/b13-11-. The Morgan fingerprint density at radius 1 is 1.29 bits per heavy atom. The van der Waals surface area contributed by atoms with Crippen LogP contribution in [-0.4, -0.2) is 36.1 Å². The number of nitrogens with zero attached hydrogens (tertiary/aromatic N) is 2. The topological polar surface area (TPSA) is 105 Å². The largest absolute Gasteiger partial charge is 0.480 e. The zero-order chi connectivity index (χ0) is 18.1. The van der Waals surface area contributed by atoms with Gasteiger partial charge in [-0.05, 0) is 45.0 Å². The van der Waals surface area contributed by atoms with E-state index in [9.17, 15) is 9.59 Å². The van der Waals surface area contributed by atoms with Crippen LogP contribution in [0.1, 0.15) is 20.8 Å². The smallest absolute Gasteiger partial charge is 0.325 e. The molecule has 1 aromatic carbocycles. The van der Waals surface area contributed by atoms with Crippen molar-refractivity contribution in [3.8, 4) is 6.07 Å². The second-order valence-electron chi connectivity index (χ2n) is 5.07. The van der Waals surface area contributed by atoms with Gasteiger partial charge in [-0.1, -0.05) is 0 Å². The second-order valence-corrected chi connectivity index (χ2v) is 5.07. The molecule has 0 radical (unpaired) electrons. The predicted molar refractivity (Wildman–Crippen MR) is 92.6 cm³/mol. The van der Waals surface area contributed by atoms with Gasteiger partial charge in [0.2, 0.25) is 0 Å². The van der Waals surface area contributed by atoms with Crippen molar-refractivity contribution in [3.63, 3.8) is 0 Å². The van der Waals surface area contributed by atoms with E-state index in [1.807, 2.05) is 24.3 Å². The summed E-state index contributed by atoms with van der Waals surface area (Å²) in [6.07, 6.45) is 1.26. The van der Waals surface area contributed by atoms with Gasteiger partial charge in [-0.15, -0.1) is 0 Å². The summed E-state index contributed by atoms with van der Waals surface area (Å²) in [6.45, 7) is 7.30. The van der Waals surface area contributed by atoms with Crippen LogP contribution in [0.4, 0.5) is 11.4 Å². The van der Waals surface area contributed by atoms with Crippen LogP contribution < -0.4 is 15.5 Å². The number of anilines is 2. The number of hydrogen-bond acceptors (Lipinski definition) is 5. The van der Waals surface area contributed by atoms with Gasteiger partial charge < -0.3 is 20.6 Å². The third-order valence-corrected chi connectivity index (χ3v) is 3.46. The van der Waals surface area contributed by atoms with E-state index in [4.69, 9.17) is 10.4 Å². The quantitative estimate of drug-likeness (QED) is 0.497. The van der Waals surface area contributed by atoms with Gasteiger partial charge in [0.1, 0.15) is 17.7 Å². The number of benzene rings is 1. The molecule has 7 nitrogen and oxygen atoms in total. The molecule has 0 heterocycles. The number of aliphatic carboxylic acids is 1. The highest BCUT2D eigenvalue weighted by molar-refractivity contribution is 5.99. The first kappa shape index (κ1) is 19.0. The lowest BCUT2D eigenvalue weighted by molar-refractivity contribution is -0.140. The number of nitriles is 1. The van der Waals surface area contributed by atoms with E-state index in [0.717, 1.165) is 24.5 Å². The molecular weight excluding hydrogens is 308 g/mol. The van der Waals surface area contributed by atoms with Crippen LogP contribution in [0.5, 0.6) is 0 Å². The maximum absolute atomic E-state index is 11.8. The number of carboxylic acids is 1. The Bertz CT molecular complexity index is 643. The number of carboxylic acid groups (broad SMARTS) is 1. The summed E-state index contributed by atoms with van der Waals surface area (Å²) >= 11 is 0. The van der Waals surface area contributed by atoms with E-state index >= 15 is 0 Å². The molecule has 3 N–H and O–H groups in total. The van der Waals surface area contributed by atoms with E-state index in [2.05, 4.69) is 29.4 Å². The average molecular weight is 330 g/mol. The van der Waals surface area contributed by atoms with Crippen LogP contribution in [-0.2, 0) is 9.59 Å². The Balaban J connectivity index is 2.77. The summed E-state index contributed by atoms with van der Waals surface area (Å²) in [4.78, 5) is 24.7. The van der Waals surface area contributed by atoms with Crippen molar-refractivity contribution in [2.75, 3.05) is 23.3 Å².